The van der Waals surface area contributed by atoms with Crippen molar-refractivity contribution in [3.05, 3.63) is 58.6 Å². The molecule has 102 valence electrons. The highest BCUT2D eigenvalue weighted by atomic mass is 35.5. The number of nitrogens with zero attached hydrogens (tertiary/aromatic N) is 1. The Morgan fingerprint density at radius 1 is 1.20 bits per heavy atom. The van der Waals surface area contributed by atoms with Gasteiger partial charge in [0.2, 0.25) is 0 Å². The van der Waals surface area contributed by atoms with Crippen LogP contribution in [0.1, 0.15) is 15.9 Å². The van der Waals surface area contributed by atoms with Crippen LogP contribution in [0, 0.1) is 0 Å². The van der Waals surface area contributed by atoms with Crippen LogP contribution in [0.2, 0.25) is 5.02 Å². The van der Waals surface area contributed by atoms with Gasteiger partial charge in [-0.25, -0.2) is 5.43 Å². The van der Waals surface area contributed by atoms with Crippen molar-refractivity contribution in [3.63, 3.8) is 0 Å². The van der Waals surface area contributed by atoms with E-state index in [-0.39, 0.29) is 11.5 Å². The van der Waals surface area contributed by atoms with Crippen LogP contribution in [0.3, 0.4) is 0 Å². The minimum Gasteiger partial charge on any atom is -0.508 e. The monoisotopic (exact) mass is 290 g/mol. The first-order valence-electron chi connectivity index (χ1n) is 5.68. The highest BCUT2D eigenvalue weighted by molar-refractivity contribution is 6.33. The van der Waals surface area contributed by atoms with Gasteiger partial charge >= 0.3 is 0 Å². The molecule has 3 N–H and O–H groups in total. The van der Waals surface area contributed by atoms with Crippen LogP contribution in [-0.2, 0) is 0 Å². The van der Waals surface area contributed by atoms with Crippen molar-refractivity contribution >= 4 is 23.7 Å². The molecule has 0 saturated carbocycles. The Balaban J connectivity index is 2.07. The maximum atomic E-state index is 11.8. The normalized spacial score (nSPS) is 10.7. The summed E-state index contributed by atoms with van der Waals surface area (Å²) in [5.41, 5.74) is 2.97. The second kappa shape index (κ2) is 6.08. The van der Waals surface area contributed by atoms with E-state index in [0.717, 1.165) is 0 Å². The first kappa shape index (κ1) is 13.9. The van der Waals surface area contributed by atoms with Crippen LogP contribution < -0.4 is 5.43 Å². The van der Waals surface area contributed by atoms with Gasteiger partial charge in [0, 0.05) is 11.6 Å². The molecule has 0 unspecified atom stereocenters. The fourth-order valence-electron chi connectivity index (χ4n) is 1.51. The molecule has 20 heavy (non-hydrogen) atoms. The molecule has 0 bridgehead atoms. The lowest BCUT2D eigenvalue weighted by Gasteiger charge is -2.02. The number of nitrogens with one attached hydrogen (secondary N) is 1. The van der Waals surface area contributed by atoms with Crippen molar-refractivity contribution < 1.29 is 15.0 Å². The van der Waals surface area contributed by atoms with Crippen molar-refractivity contribution in [2.24, 2.45) is 5.10 Å². The van der Waals surface area contributed by atoms with Gasteiger partial charge in [-0.2, -0.15) is 5.10 Å². The predicted molar refractivity (Wildman–Crippen MR) is 76.3 cm³/mol. The van der Waals surface area contributed by atoms with Gasteiger partial charge in [-0.05, 0) is 24.3 Å². The van der Waals surface area contributed by atoms with Crippen LogP contribution in [0.4, 0.5) is 0 Å². The summed E-state index contributed by atoms with van der Waals surface area (Å²) in [7, 11) is 0. The first-order valence-corrected chi connectivity index (χ1v) is 6.05. The minimum absolute atomic E-state index is 0.0558. The number of hydrazone groups is 1. The fraction of sp³-hybridized carbons (Fsp3) is 0. The Hall–Kier alpha value is -2.53. The van der Waals surface area contributed by atoms with E-state index in [1.54, 1.807) is 24.3 Å². The van der Waals surface area contributed by atoms with Crippen LogP contribution in [-0.4, -0.2) is 22.3 Å². The lowest BCUT2D eigenvalue weighted by Crippen LogP contribution is -2.17. The minimum atomic E-state index is -0.454. The molecule has 0 aliphatic rings. The molecule has 2 rings (SSSR count). The summed E-state index contributed by atoms with van der Waals surface area (Å²) in [5, 5.41) is 22.7. The van der Waals surface area contributed by atoms with Gasteiger partial charge < -0.3 is 10.2 Å². The lowest BCUT2D eigenvalue weighted by molar-refractivity contribution is 0.0955. The van der Waals surface area contributed by atoms with E-state index in [4.69, 9.17) is 16.7 Å². The van der Waals surface area contributed by atoms with Crippen molar-refractivity contribution in [1.29, 1.82) is 0 Å². The number of phenols is 2. The molecular formula is C14H11ClN2O3. The molecule has 0 aromatic heterocycles. The molecule has 0 atom stereocenters. The SMILES string of the molecule is O=C(NN=Cc1ccc(O)cc1O)c1ccccc1Cl. The summed E-state index contributed by atoms with van der Waals surface area (Å²) >= 11 is 5.88. The Kier molecular flexibility index (Phi) is 4.22. The van der Waals surface area contributed by atoms with Crippen LogP contribution >= 0.6 is 11.6 Å². The predicted octanol–water partition coefficient (Wildman–Crippen LogP) is 2.52. The third-order valence-corrected chi connectivity index (χ3v) is 2.83. The summed E-state index contributed by atoms with van der Waals surface area (Å²) in [6, 6.07) is 10.6. The molecule has 0 saturated heterocycles. The third kappa shape index (κ3) is 3.27. The van der Waals surface area contributed by atoms with Crippen LogP contribution in [0.15, 0.2) is 47.6 Å². The summed E-state index contributed by atoms with van der Waals surface area (Å²) in [4.78, 5) is 11.8. The van der Waals surface area contributed by atoms with Crippen LogP contribution in [0.25, 0.3) is 0 Å². The van der Waals surface area contributed by atoms with E-state index in [1.165, 1.54) is 24.4 Å². The molecule has 5 nitrogen and oxygen atoms in total. The molecule has 0 aliphatic heterocycles. The Labute approximate surface area is 120 Å². The molecule has 0 heterocycles. The van der Waals surface area contributed by atoms with Crippen molar-refractivity contribution in [1.82, 2.24) is 5.43 Å². The zero-order valence-corrected chi connectivity index (χ0v) is 11.0. The van der Waals surface area contributed by atoms with Gasteiger partial charge in [0.15, 0.2) is 0 Å². The Bertz CT molecular complexity index is 671. The number of hydrogen-bond donors (Lipinski definition) is 3. The smallest absolute Gasteiger partial charge is 0.272 e. The molecule has 2 aromatic rings. The Morgan fingerprint density at radius 2 is 1.95 bits per heavy atom. The zero-order valence-electron chi connectivity index (χ0n) is 10.2. The van der Waals surface area contributed by atoms with E-state index in [2.05, 4.69) is 10.5 Å². The maximum Gasteiger partial charge on any atom is 0.272 e. The number of hydrogen-bond acceptors (Lipinski definition) is 4. The van der Waals surface area contributed by atoms with E-state index < -0.39 is 5.91 Å². The molecule has 0 radical (unpaired) electrons. The third-order valence-electron chi connectivity index (χ3n) is 2.50. The van der Waals surface area contributed by atoms with Gasteiger partial charge in [0.05, 0.1) is 16.8 Å². The van der Waals surface area contributed by atoms with Gasteiger partial charge in [-0.15, -0.1) is 0 Å². The molecule has 0 fully saturated rings. The van der Waals surface area contributed by atoms with Crippen molar-refractivity contribution in [2.45, 2.75) is 0 Å². The Morgan fingerprint density at radius 3 is 2.65 bits per heavy atom. The number of aromatic hydroxyl groups is 2. The fourth-order valence-corrected chi connectivity index (χ4v) is 1.73. The van der Waals surface area contributed by atoms with E-state index in [9.17, 15) is 9.90 Å². The number of amides is 1. The largest absolute Gasteiger partial charge is 0.508 e. The summed E-state index contributed by atoms with van der Waals surface area (Å²) in [5.74, 6) is -0.648. The molecule has 0 spiro atoms. The quantitative estimate of drug-likeness (QED) is 0.600. The average Bonchev–Trinajstić information content (AvgIpc) is 2.41. The number of benzene rings is 2. The van der Waals surface area contributed by atoms with Crippen molar-refractivity contribution in [3.8, 4) is 11.5 Å². The first-order chi connectivity index (χ1) is 9.58. The van der Waals surface area contributed by atoms with Gasteiger partial charge in [0.25, 0.3) is 5.91 Å². The van der Waals surface area contributed by atoms with E-state index >= 15 is 0 Å². The number of rotatable bonds is 3. The maximum absolute atomic E-state index is 11.8. The number of carbonyl (C=O) groups excluding carboxylic acids is 1. The number of carbonyl (C=O) groups is 1. The van der Waals surface area contributed by atoms with Gasteiger partial charge in [-0.3, -0.25) is 4.79 Å². The highest BCUT2D eigenvalue weighted by Crippen LogP contribution is 2.20. The lowest BCUT2D eigenvalue weighted by atomic mass is 10.2. The highest BCUT2D eigenvalue weighted by Gasteiger charge is 2.07. The van der Waals surface area contributed by atoms with Crippen LogP contribution in [0.5, 0.6) is 11.5 Å². The number of halogens is 1. The van der Waals surface area contributed by atoms with Gasteiger partial charge in [0.1, 0.15) is 11.5 Å². The van der Waals surface area contributed by atoms with E-state index in [1.807, 2.05) is 0 Å². The van der Waals surface area contributed by atoms with Crippen molar-refractivity contribution in [2.75, 3.05) is 0 Å². The summed E-state index contributed by atoms with van der Waals surface area (Å²) < 4.78 is 0. The summed E-state index contributed by atoms with van der Waals surface area (Å²) in [6.07, 6.45) is 1.27. The molecular weight excluding hydrogens is 280 g/mol. The second-order valence-corrected chi connectivity index (χ2v) is 4.33. The standard InChI is InChI=1S/C14H11ClN2O3/c15-12-4-2-1-3-11(12)14(20)17-16-8-9-5-6-10(18)7-13(9)19/h1-8,18-19H,(H,17,20). The second-order valence-electron chi connectivity index (χ2n) is 3.92. The summed E-state index contributed by atoms with van der Waals surface area (Å²) in [6.45, 7) is 0. The number of phenolic OH excluding ortho intramolecular Hbond substituents is 2. The average molecular weight is 291 g/mol. The zero-order chi connectivity index (χ0) is 14.5. The molecule has 6 heteroatoms. The molecule has 1 amide bonds. The topological polar surface area (TPSA) is 81.9 Å². The molecule has 2 aromatic carbocycles. The molecule has 0 aliphatic carbocycles. The van der Waals surface area contributed by atoms with Gasteiger partial charge in [-0.1, -0.05) is 23.7 Å². The van der Waals surface area contributed by atoms with E-state index in [0.29, 0.717) is 16.1 Å².